The molecule has 0 aliphatic carbocycles. The summed E-state index contributed by atoms with van der Waals surface area (Å²) in [4.78, 5) is 8.44. The number of rotatable bonds is 1. The first-order valence-electron chi connectivity index (χ1n) is 4.95. The van der Waals surface area contributed by atoms with Crippen molar-refractivity contribution in [1.82, 2.24) is 9.97 Å². The third kappa shape index (κ3) is 2.48. The number of aryl methyl sites for hydroxylation is 1. The predicted octanol–water partition coefficient (Wildman–Crippen LogP) is 4.32. The van der Waals surface area contributed by atoms with Gasteiger partial charge in [-0.15, -0.1) is 0 Å². The van der Waals surface area contributed by atoms with Crippen molar-refractivity contribution < 1.29 is 4.39 Å². The predicted molar refractivity (Wildman–Crippen MR) is 69.6 cm³/mol. The molecule has 88 valence electrons. The Hall–Kier alpha value is -1.00. The zero-order chi connectivity index (χ0) is 12.6. The molecule has 0 amide bonds. The number of nitrogens with zero attached hydrogens (tertiary/aromatic N) is 2. The van der Waals surface area contributed by atoms with E-state index in [4.69, 9.17) is 11.6 Å². The number of hydrogen-bond donors (Lipinski definition) is 0. The summed E-state index contributed by atoms with van der Waals surface area (Å²) in [6.45, 7) is 3.70. The molecule has 0 saturated heterocycles. The average molecular weight is 316 g/mol. The van der Waals surface area contributed by atoms with Crippen molar-refractivity contribution in [3.8, 4) is 11.4 Å². The molecule has 0 fully saturated rings. The first-order valence-corrected chi connectivity index (χ1v) is 6.12. The van der Waals surface area contributed by atoms with Crippen molar-refractivity contribution >= 4 is 27.5 Å². The Balaban J connectivity index is 2.57. The summed E-state index contributed by atoms with van der Waals surface area (Å²) < 4.78 is 13.8. The summed E-state index contributed by atoms with van der Waals surface area (Å²) in [6.07, 6.45) is 0. The summed E-state index contributed by atoms with van der Waals surface area (Å²) in [5, 5.41) is 0.399. The van der Waals surface area contributed by atoms with Gasteiger partial charge in [-0.25, -0.2) is 14.4 Å². The fraction of sp³-hybridized carbons (Fsp3) is 0.167. The Bertz CT molecular complexity index is 564. The zero-order valence-electron chi connectivity index (χ0n) is 9.26. The Morgan fingerprint density at radius 1 is 1.24 bits per heavy atom. The van der Waals surface area contributed by atoms with Crippen LogP contribution in [0.15, 0.2) is 22.7 Å². The maximum absolute atomic E-state index is 13.4. The quantitative estimate of drug-likeness (QED) is 0.733. The second-order valence-electron chi connectivity index (χ2n) is 3.68. The summed E-state index contributed by atoms with van der Waals surface area (Å²) in [6, 6.07) is 4.75. The normalized spacial score (nSPS) is 10.6. The second kappa shape index (κ2) is 4.70. The van der Waals surface area contributed by atoms with E-state index in [-0.39, 0.29) is 5.82 Å². The van der Waals surface area contributed by atoms with E-state index in [0.717, 1.165) is 11.3 Å². The molecule has 2 nitrogen and oxygen atoms in total. The van der Waals surface area contributed by atoms with Gasteiger partial charge in [0.2, 0.25) is 0 Å². The van der Waals surface area contributed by atoms with E-state index in [0.29, 0.717) is 21.0 Å². The van der Waals surface area contributed by atoms with Crippen molar-refractivity contribution in [3.05, 3.63) is 44.9 Å². The minimum Gasteiger partial charge on any atom is -0.233 e. The van der Waals surface area contributed by atoms with Crippen LogP contribution in [0.3, 0.4) is 0 Å². The molecule has 1 aromatic heterocycles. The van der Waals surface area contributed by atoms with Crippen LogP contribution in [0.5, 0.6) is 0 Å². The molecule has 2 rings (SSSR count). The van der Waals surface area contributed by atoms with Crippen molar-refractivity contribution in [2.24, 2.45) is 0 Å². The van der Waals surface area contributed by atoms with Gasteiger partial charge in [0.05, 0.1) is 4.47 Å². The lowest BCUT2D eigenvalue weighted by atomic mass is 10.2. The first kappa shape index (κ1) is 12.5. The van der Waals surface area contributed by atoms with Gasteiger partial charge in [0.25, 0.3) is 0 Å². The fourth-order valence-electron chi connectivity index (χ4n) is 1.36. The third-order valence-electron chi connectivity index (χ3n) is 2.51. The summed E-state index contributed by atoms with van der Waals surface area (Å²) >= 11 is 9.09. The number of benzene rings is 1. The molecule has 0 aliphatic heterocycles. The summed E-state index contributed by atoms with van der Waals surface area (Å²) in [5.41, 5.74) is 2.24. The van der Waals surface area contributed by atoms with Crippen LogP contribution in [0.4, 0.5) is 4.39 Å². The van der Waals surface area contributed by atoms with E-state index in [1.54, 1.807) is 12.1 Å². The monoisotopic (exact) mass is 314 g/mol. The molecule has 1 aromatic carbocycles. The zero-order valence-corrected chi connectivity index (χ0v) is 11.6. The first-order chi connectivity index (χ1) is 7.99. The van der Waals surface area contributed by atoms with Crippen LogP contribution >= 0.6 is 27.5 Å². The van der Waals surface area contributed by atoms with Gasteiger partial charge in [0, 0.05) is 16.8 Å². The van der Waals surface area contributed by atoms with Crippen LogP contribution in [0.25, 0.3) is 11.4 Å². The molecule has 0 unspecified atom stereocenters. The van der Waals surface area contributed by atoms with Gasteiger partial charge in [-0.05, 0) is 48.0 Å². The molecule has 5 heteroatoms. The van der Waals surface area contributed by atoms with Crippen LogP contribution < -0.4 is 0 Å². The van der Waals surface area contributed by atoms with Crippen molar-refractivity contribution in [2.75, 3.05) is 0 Å². The highest BCUT2D eigenvalue weighted by molar-refractivity contribution is 9.10. The molecular formula is C12H9BrClFN2. The van der Waals surface area contributed by atoms with Crippen LogP contribution in [0.1, 0.15) is 11.3 Å². The molecule has 0 spiro atoms. The van der Waals surface area contributed by atoms with E-state index >= 15 is 0 Å². The standard InChI is InChI=1S/C12H9BrClFN2/c1-6-7(2)16-12(17-11(6)14)8-3-4-9(13)10(15)5-8/h3-5H,1-2H3. The Kier molecular flexibility index (Phi) is 3.45. The van der Waals surface area contributed by atoms with Crippen LogP contribution in [0.2, 0.25) is 5.15 Å². The smallest absolute Gasteiger partial charge is 0.161 e. The molecule has 0 N–H and O–H groups in total. The van der Waals surface area contributed by atoms with Crippen LogP contribution in [0, 0.1) is 19.7 Å². The SMILES string of the molecule is Cc1nc(-c2ccc(Br)c(F)c2)nc(Cl)c1C. The molecule has 0 saturated carbocycles. The lowest BCUT2D eigenvalue weighted by molar-refractivity contribution is 0.621. The highest BCUT2D eigenvalue weighted by Gasteiger charge is 2.09. The van der Waals surface area contributed by atoms with Crippen LogP contribution in [-0.4, -0.2) is 9.97 Å². The second-order valence-corrected chi connectivity index (χ2v) is 4.89. The largest absolute Gasteiger partial charge is 0.233 e. The highest BCUT2D eigenvalue weighted by atomic mass is 79.9. The Morgan fingerprint density at radius 3 is 2.53 bits per heavy atom. The van der Waals surface area contributed by atoms with Crippen molar-refractivity contribution in [1.29, 1.82) is 0 Å². The lowest BCUT2D eigenvalue weighted by Gasteiger charge is -2.06. The number of hydrogen-bond acceptors (Lipinski definition) is 2. The van der Waals surface area contributed by atoms with Gasteiger partial charge in [-0.1, -0.05) is 11.6 Å². The maximum atomic E-state index is 13.4. The molecule has 2 aromatic rings. The van der Waals surface area contributed by atoms with Gasteiger partial charge in [0.1, 0.15) is 11.0 Å². The molecule has 0 bridgehead atoms. The fourth-order valence-corrected chi connectivity index (χ4v) is 1.82. The van der Waals surface area contributed by atoms with E-state index in [1.807, 2.05) is 13.8 Å². The van der Waals surface area contributed by atoms with Gasteiger partial charge in [-0.2, -0.15) is 0 Å². The third-order valence-corrected chi connectivity index (χ3v) is 3.52. The summed E-state index contributed by atoms with van der Waals surface area (Å²) in [5.74, 6) is 0.0879. The molecular weight excluding hydrogens is 307 g/mol. The molecule has 0 atom stereocenters. The van der Waals surface area contributed by atoms with E-state index < -0.39 is 0 Å². The van der Waals surface area contributed by atoms with Gasteiger partial charge in [0.15, 0.2) is 5.82 Å². The molecule has 0 radical (unpaired) electrons. The van der Waals surface area contributed by atoms with Crippen molar-refractivity contribution in [2.45, 2.75) is 13.8 Å². The van der Waals surface area contributed by atoms with E-state index in [1.165, 1.54) is 6.07 Å². The minimum absolute atomic E-state index is 0.347. The molecule has 0 aliphatic rings. The number of aromatic nitrogens is 2. The van der Waals surface area contributed by atoms with Gasteiger partial charge >= 0.3 is 0 Å². The Morgan fingerprint density at radius 2 is 1.94 bits per heavy atom. The summed E-state index contributed by atoms with van der Waals surface area (Å²) in [7, 11) is 0. The van der Waals surface area contributed by atoms with Gasteiger partial charge < -0.3 is 0 Å². The molecule has 1 heterocycles. The maximum Gasteiger partial charge on any atom is 0.161 e. The Labute approximate surface area is 112 Å². The molecule has 17 heavy (non-hydrogen) atoms. The van der Waals surface area contributed by atoms with E-state index in [2.05, 4.69) is 25.9 Å². The highest BCUT2D eigenvalue weighted by Crippen LogP contribution is 2.24. The lowest BCUT2D eigenvalue weighted by Crippen LogP contribution is -1.97. The van der Waals surface area contributed by atoms with Gasteiger partial charge in [-0.3, -0.25) is 0 Å². The van der Waals surface area contributed by atoms with Crippen molar-refractivity contribution in [3.63, 3.8) is 0 Å². The topological polar surface area (TPSA) is 25.8 Å². The van der Waals surface area contributed by atoms with Crippen LogP contribution in [-0.2, 0) is 0 Å². The van der Waals surface area contributed by atoms with E-state index in [9.17, 15) is 4.39 Å². The minimum atomic E-state index is -0.347. The average Bonchev–Trinajstić information content (AvgIpc) is 2.29. The number of halogens is 3.